The van der Waals surface area contributed by atoms with Crippen LogP contribution >= 0.6 is 0 Å². The molecule has 182 valence electrons. The van der Waals surface area contributed by atoms with Gasteiger partial charge in [0.25, 0.3) is 0 Å². The normalized spacial score (nSPS) is 16.5. The van der Waals surface area contributed by atoms with Crippen molar-refractivity contribution in [3.05, 3.63) is 67.0 Å². The van der Waals surface area contributed by atoms with Crippen LogP contribution in [-0.4, -0.2) is 49.9 Å². The lowest BCUT2D eigenvalue weighted by Crippen LogP contribution is -2.41. The van der Waals surface area contributed by atoms with E-state index in [0.29, 0.717) is 54.7 Å². The van der Waals surface area contributed by atoms with E-state index in [-0.39, 0.29) is 29.8 Å². The minimum absolute atomic E-state index is 0.121. The third-order valence-corrected chi connectivity index (χ3v) is 7.88. The summed E-state index contributed by atoms with van der Waals surface area (Å²) in [6.07, 6.45) is 4.19. The molecule has 0 saturated carbocycles. The molecule has 2 aliphatic heterocycles. The first-order valence-electron chi connectivity index (χ1n) is 11.4. The van der Waals surface area contributed by atoms with Crippen LogP contribution in [0.2, 0.25) is 0 Å². The van der Waals surface area contributed by atoms with E-state index >= 15 is 0 Å². The van der Waals surface area contributed by atoms with Gasteiger partial charge in [0.15, 0.2) is 11.5 Å². The van der Waals surface area contributed by atoms with E-state index in [1.165, 1.54) is 16.4 Å². The van der Waals surface area contributed by atoms with Gasteiger partial charge in [0.1, 0.15) is 24.7 Å². The highest BCUT2D eigenvalue weighted by Gasteiger charge is 2.33. The molecule has 5 rings (SSSR count). The van der Waals surface area contributed by atoms with E-state index in [4.69, 9.17) is 14.2 Å². The smallest absolute Gasteiger partial charge is 0.243 e. The Balaban J connectivity index is 1.16. The molecule has 3 aromatic rings. The number of piperidine rings is 1. The van der Waals surface area contributed by atoms with Crippen LogP contribution in [0.3, 0.4) is 0 Å². The second-order valence-corrected chi connectivity index (χ2v) is 10.2. The Labute approximate surface area is 203 Å². The minimum Gasteiger partial charge on any atom is -0.486 e. The summed E-state index contributed by atoms with van der Waals surface area (Å²) in [6.45, 7) is 1.37. The number of hydrogen-bond acceptors (Lipinski definition) is 7. The van der Waals surface area contributed by atoms with Crippen molar-refractivity contribution in [2.75, 3.05) is 31.6 Å². The molecule has 0 aliphatic carbocycles. The lowest BCUT2D eigenvalue weighted by Gasteiger charge is -2.30. The average molecular weight is 496 g/mol. The van der Waals surface area contributed by atoms with E-state index in [1.807, 2.05) is 0 Å². The maximum atomic E-state index is 13.1. The first-order chi connectivity index (χ1) is 17.0. The quantitative estimate of drug-likeness (QED) is 0.556. The fourth-order valence-corrected chi connectivity index (χ4v) is 5.57. The van der Waals surface area contributed by atoms with Crippen LogP contribution in [0.4, 0.5) is 5.69 Å². The zero-order valence-corrected chi connectivity index (χ0v) is 19.7. The van der Waals surface area contributed by atoms with Gasteiger partial charge in [-0.1, -0.05) is 0 Å². The number of anilines is 1. The number of carbonyl (C=O) groups excluding carboxylic acids is 1. The summed E-state index contributed by atoms with van der Waals surface area (Å²) >= 11 is 0. The molecule has 0 atom stereocenters. The van der Waals surface area contributed by atoms with Crippen LogP contribution in [0.25, 0.3) is 0 Å². The van der Waals surface area contributed by atoms with Crippen molar-refractivity contribution in [3.8, 4) is 23.0 Å². The van der Waals surface area contributed by atoms with E-state index < -0.39 is 10.0 Å². The molecular weight excluding hydrogens is 470 g/mol. The number of aromatic nitrogens is 1. The molecule has 10 heteroatoms. The van der Waals surface area contributed by atoms with Gasteiger partial charge < -0.3 is 19.5 Å². The lowest BCUT2D eigenvalue weighted by molar-refractivity contribution is -0.120. The summed E-state index contributed by atoms with van der Waals surface area (Å²) in [5.41, 5.74) is 0.656. The van der Waals surface area contributed by atoms with Crippen LogP contribution in [0, 0.1) is 5.92 Å². The number of amides is 1. The van der Waals surface area contributed by atoms with Gasteiger partial charge in [-0.25, -0.2) is 8.42 Å². The predicted octanol–water partition coefficient (Wildman–Crippen LogP) is 3.68. The Morgan fingerprint density at radius 2 is 1.57 bits per heavy atom. The molecule has 1 fully saturated rings. The Morgan fingerprint density at radius 1 is 0.914 bits per heavy atom. The standard InChI is InChI=1S/C25H25N3O6S/c29-25(27-19-1-3-20(4-2-19)34-21-7-11-26-12-8-21)18-9-13-28(14-10-18)35(30,31)22-5-6-23-24(17-22)33-16-15-32-23/h1-8,11-12,17-18H,9-10,13-16H2,(H,27,29). The summed E-state index contributed by atoms with van der Waals surface area (Å²) < 4.78 is 44.4. The number of benzene rings is 2. The predicted molar refractivity (Wildman–Crippen MR) is 128 cm³/mol. The number of fused-ring (bicyclic) bond motifs is 1. The summed E-state index contributed by atoms with van der Waals surface area (Å²) in [4.78, 5) is 16.9. The number of rotatable bonds is 6. The van der Waals surface area contributed by atoms with Crippen LogP contribution in [0.1, 0.15) is 12.8 Å². The van der Waals surface area contributed by atoms with Crippen molar-refractivity contribution in [2.24, 2.45) is 5.92 Å². The fraction of sp³-hybridized carbons (Fsp3) is 0.280. The summed E-state index contributed by atoms with van der Waals surface area (Å²) in [6, 6.07) is 15.3. The highest BCUT2D eigenvalue weighted by atomic mass is 32.2. The third kappa shape index (κ3) is 5.23. The number of nitrogens with one attached hydrogen (secondary N) is 1. The molecular formula is C25H25N3O6S. The van der Waals surface area contributed by atoms with Crippen LogP contribution in [0.15, 0.2) is 71.9 Å². The molecule has 0 bridgehead atoms. The zero-order valence-electron chi connectivity index (χ0n) is 18.9. The van der Waals surface area contributed by atoms with Gasteiger partial charge in [0.05, 0.1) is 4.90 Å². The molecule has 0 spiro atoms. The molecule has 0 radical (unpaired) electrons. The molecule has 0 unspecified atom stereocenters. The monoisotopic (exact) mass is 495 g/mol. The van der Waals surface area contributed by atoms with Crippen molar-refractivity contribution < 1.29 is 27.4 Å². The van der Waals surface area contributed by atoms with Gasteiger partial charge in [-0.05, 0) is 61.4 Å². The topological polar surface area (TPSA) is 107 Å². The van der Waals surface area contributed by atoms with Gasteiger partial charge in [-0.15, -0.1) is 0 Å². The Hall–Kier alpha value is -3.63. The number of nitrogens with zero attached hydrogens (tertiary/aromatic N) is 2. The number of hydrogen-bond donors (Lipinski definition) is 1. The lowest BCUT2D eigenvalue weighted by atomic mass is 9.97. The van der Waals surface area contributed by atoms with E-state index in [2.05, 4.69) is 10.3 Å². The van der Waals surface area contributed by atoms with E-state index in [0.717, 1.165) is 0 Å². The Bertz CT molecular complexity index is 1290. The number of pyridine rings is 1. The van der Waals surface area contributed by atoms with Gasteiger partial charge in [0.2, 0.25) is 15.9 Å². The first-order valence-corrected chi connectivity index (χ1v) is 12.8. The molecule has 1 amide bonds. The maximum absolute atomic E-state index is 13.1. The molecule has 3 heterocycles. The fourth-order valence-electron chi connectivity index (χ4n) is 4.08. The van der Waals surface area contributed by atoms with Crippen molar-refractivity contribution in [2.45, 2.75) is 17.7 Å². The molecule has 2 aromatic carbocycles. The summed E-state index contributed by atoms with van der Waals surface area (Å²) in [7, 11) is -3.69. The second kappa shape index (κ2) is 9.93. The summed E-state index contributed by atoms with van der Waals surface area (Å²) in [5.74, 6) is 1.91. The number of carbonyl (C=O) groups is 1. The second-order valence-electron chi connectivity index (χ2n) is 8.28. The van der Waals surface area contributed by atoms with Crippen LogP contribution < -0.4 is 19.5 Å². The number of sulfonamides is 1. The van der Waals surface area contributed by atoms with E-state index in [1.54, 1.807) is 54.9 Å². The molecule has 9 nitrogen and oxygen atoms in total. The largest absolute Gasteiger partial charge is 0.486 e. The highest BCUT2D eigenvalue weighted by Crippen LogP contribution is 2.34. The zero-order chi connectivity index (χ0) is 24.3. The Morgan fingerprint density at radius 3 is 2.29 bits per heavy atom. The van der Waals surface area contributed by atoms with Gasteiger partial charge >= 0.3 is 0 Å². The van der Waals surface area contributed by atoms with Crippen molar-refractivity contribution >= 4 is 21.6 Å². The molecule has 35 heavy (non-hydrogen) atoms. The average Bonchev–Trinajstić information content (AvgIpc) is 2.90. The number of ether oxygens (including phenoxy) is 3. The molecule has 1 N–H and O–H groups in total. The van der Waals surface area contributed by atoms with Crippen molar-refractivity contribution in [3.63, 3.8) is 0 Å². The first kappa shape index (κ1) is 23.1. The minimum atomic E-state index is -3.69. The highest BCUT2D eigenvalue weighted by molar-refractivity contribution is 7.89. The van der Waals surface area contributed by atoms with Crippen LogP contribution in [0.5, 0.6) is 23.0 Å². The van der Waals surface area contributed by atoms with Crippen molar-refractivity contribution in [1.29, 1.82) is 0 Å². The Kier molecular flexibility index (Phi) is 6.56. The molecule has 1 saturated heterocycles. The third-order valence-electron chi connectivity index (χ3n) is 5.98. The SMILES string of the molecule is O=C(Nc1ccc(Oc2ccncc2)cc1)C1CCN(S(=O)(=O)c2ccc3c(c2)OCCO3)CC1. The van der Waals surface area contributed by atoms with Gasteiger partial charge in [-0.3, -0.25) is 9.78 Å². The van der Waals surface area contributed by atoms with Crippen LogP contribution in [-0.2, 0) is 14.8 Å². The van der Waals surface area contributed by atoms with Gasteiger partial charge in [-0.2, -0.15) is 4.31 Å². The maximum Gasteiger partial charge on any atom is 0.243 e. The summed E-state index contributed by atoms with van der Waals surface area (Å²) in [5, 5.41) is 2.92. The van der Waals surface area contributed by atoms with Gasteiger partial charge in [0, 0.05) is 43.2 Å². The van der Waals surface area contributed by atoms with Crippen molar-refractivity contribution in [1.82, 2.24) is 9.29 Å². The van der Waals surface area contributed by atoms with E-state index in [9.17, 15) is 13.2 Å². The molecule has 2 aliphatic rings. The molecule has 1 aromatic heterocycles.